The molecule has 0 fully saturated rings. The van der Waals surface area contributed by atoms with E-state index < -0.39 is 0 Å². The predicted octanol–water partition coefficient (Wildman–Crippen LogP) is 1.52. The fourth-order valence-electron chi connectivity index (χ4n) is 1.30. The molecule has 5 nitrogen and oxygen atoms in total. The summed E-state index contributed by atoms with van der Waals surface area (Å²) in [6.45, 7) is 2.71. The second-order valence-corrected chi connectivity index (χ2v) is 3.75. The standard InChI is InChI=1S/C12H17N3O2S/c1-4-13-12(18)15-14-8-9-7-10(16-2)5-6-11(9)17-3/h5-8H,4H2,1-3H3,(H2,13,15,18)/b14-8+. The van der Waals surface area contributed by atoms with Crippen molar-refractivity contribution < 1.29 is 9.47 Å². The van der Waals surface area contributed by atoms with Gasteiger partial charge in [0.2, 0.25) is 0 Å². The van der Waals surface area contributed by atoms with Gasteiger partial charge in [0.15, 0.2) is 5.11 Å². The minimum Gasteiger partial charge on any atom is -0.497 e. The van der Waals surface area contributed by atoms with Crippen molar-refractivity contribution in [2.45, 2.75) is 6.92 Å². The lowest BCUT2D eigenvalue weighted by molar-refractivity contribution is 0.402. The van der Waals surface area contributed by atoms with Crippen LogP contribution in [0.3, 0.4) is 0 Å². The molecular weight excluding hydrogens is 250 g/mol. The van der Waals surface area contributed by atoms with E-state index in [4.69, 9.17) is 21.7 Å². The van der Waals surface area contributed by atoms with Gasteiger partial charge in [0.05, 0.1) is 20.4 Å². The molecule has 0 saturated carbocycles. The SMILES string of the molecule is CCNC(=S)N/N=C/c1cc(OC)ccc1OC. The van der Waals surface area contributed by atoms with E-state index in [-0.39, 0.29) is 0 Å². The summed E-state index contributed by atoms with van der Waals surface area (Å²) >= 11 is 4.99. The van der Waals surface area contributed by atoms with Crippen molar-refractivity contribution in [2.24, 2.45) is 5.10 Å². The second kappa shape index (κ2) is 7.50. The molecule has 2 N–H and O–H groups in total. The topological polar surface area (TPSA) is 54.9 Å². The fraction of sp³-hybridized carbons (Fsp3) is 0.333. The molecule has 0 radical (unpaired) electrons. The summed E-state index contributed by atoms with van der Waals surface area (Å²) < 4.78 is 10.4. The van der Waals surface area contributed by atoms with E-state index in [1.165, 1.54) is 0 Å². The van der Waals surface area contributed by atoms with Crippen LogP contribution in [-0.4, -0.2) is 32.1 Å². The lowest BCUT2D eigenvalue weighted by Crippen LogP contribution is -2.31. The third-order valence-electron chi connectivity index (χ3n) is 2.14. The second-order valence-electron chi connectivity index (χ2n) is 3.34. The van der Waals surface area contributed by atoms with Crippen LogP contribution < -0.4 is 20.2 Å². The molecule has 18 heavy (non-hydrogen) atoms. The zero-order valence-corrected chi connectivity index (χ0v) is 11.5. The highest BCUT2D eigenvalue weighted by Crippen LogP contribution is 2.22. The van der Waals surface area contributed by atoms with E-state index in [9.17, 15) is 0 Å². The lowest BCUT2D eigenvalue weighted by atomic mass is 10.2. The van der Waals surface area contributed by atoms with Gasteiger partial charge in [-0.1, -0.05) is 0 Å². The predicted molar refractivity (Wildman–Crippen MR) is 76.6 cm³/mol. The van der Waals surface area contributed by atoms with Gasteiger partial charge < -0.3 is 14.8 Å². The Labute approximate surface area is 112 Å². The maximum atomic E-state index is 5.23. The Balaban J connectivity index is 2.75. The third-order valence-corrected chi connectivity index (χ3v) is 2.38. The molecule has 0 atom stereocenters. The molecule has 1 rings (SSSR count). The molecule has 0 aliphatic heterocycles. The summed E-state index contributed by atoms with van der Waals surface area (Å²) in [6, 6.07) is 5.48. The molecule has 0 aliphatic carbocycles. The number of hydrogen-bond donors (Lipinski definition) is 2. The molecule has 0 unspecified atom stereocenters. The molecule has 0 bridgehead atoms. The minimum atomic E-state index is 0.482. The van der Waals surface area contributed by atoms with E-state index in [1.807, 2.05) is 25.1 Å². The van der Waals surface area contributed by atoms with Crippen molar-refractivity contribution in [1.29, 1.82) is 0 Å². The molecule has 0 amide bonds. The zero-order chi connectivity index (χ0) is 13.4. The number of nitrogens with zero attached hydrogens (tertiary/aromatic N) is 1. The summed E-state index contributed by atoms with van der Waals surface area (Å²) in [5.41, 5.74) is 3.52. The highest BCUT2D eigenvalue weighted by Gasteiger charge is 2.02. The number of rotatable bonds is 5. The van der Waals surface area contributed by atoms with Crippen LogP contribution in [0.1, 0.15) is 12.5 Å². The van der Waals surface area contributed by atoms with Crippen LogP contribution in [0.5, 0.6) is 11.5 Å². The van der Waals surface area contributed by atoms with Gasteiger partial charge >= 0.3 is 0 Å². The highest BCUT2D eigenvalue weighted by atomic mass is 32.1. The molecule has 0 heterocycles. The molecule has 0 aromatic heterocycles. The Morgan fingerprint density at radius 3 is 2.78 bits per heavy atom. The van der Waals surface area contributed by atoms with Gasteiger partial charge in [-0.05, 0) is 37.3 Å². The van der Waals surface area contributed by atoms with Crippen LogP contribution in [0, 0.1) is 0 Å². The average molecular weight is 267 g/mol. The van der Waals surface area contributed by atoms with Crippen molar-refractivity contribution in [1.82, 2.24) is 10.7 Å². The van der Waals surface area contributed by atoms with Crippen LogP contribution in [0.4, 0.5) is 0 Å². The number of hydrazone groups is 1. The molecule has 1 aromatic carbocycles. The molecule has 6 heteroatoms. The van der Waals surface area contributed by atoms with Crippen LogP contribution in [0.15, 0.2) is 23.3 Å². The molecular formula is C12H17N3O2S. The van der Waals surface area contributed by atoms with Gasteiger partial charge in [-0.25, -0.2) is 0 Å². The molecule has 0 spiro atoms. The van der Waals surface area contributed by atoms with Gasteiger partial charge in [-0.2, -0.15) is 5.10 Å². The van der Waals surface area contributed by atoms with E-state index in [2.05, 4.69) is 15.8 Å². The van der Waals surface area contributed by atoms with Crippen molar-refractivity contribution in [3.05, 3.63) is 23.8 Å². The van der Waals surface area contributed by atoms with Crippen molar-refractivity contribution >= 4 is 23.5 Å². The number of methoxy groups -OCH3 is 2. The molecule has 0 saturated heterocycles. The zero-order valence-electron chi connectivity index (χ0n) is 10.7. The normalized spacial score (nSPS) is 10.2. The summed E-state index contributed by atoms with van der Waals surface area (Å²) in [6.07, 6.45) is 1.63. The number of thiocarbonyl (C=S) groups is 1. The molecule has 98 valence electrons. The van der Waals surface area contributed by atoms with E-state index in [0.29, 0.717) is 5.11 Å². The van der Waals surface area contributed by atoms with Gasteiger partial charge in [0, 0.05) is 12.1 Å². The quantitative estimate of drug-likeness (QED) is 0.481. The number of benzene rings is 1. The van der Waals surface area contributed by atoms with Crippen molar-refractivity contribution in [2.75, 3.05) is 20.8 Å². The van der Waals surface area contributed by atoms with Gasteiger partial charge in [-0.3, -0.25) is 5.43 Å². The Bertz CT molecular complexity index is 435. The summed E-state index contributed by atoms with van der Waals surface area (Å²) in [5, 5.41) is 7.45. The maximum Gasteiger partial charge on any atom is 0.186 e. The first-order valence-electron chi connectivity index (χ1n) is 5.50. The van der Waals surface area contributed by atoms with Gasteiger partial charge in [0.25, 0.3) is 0 Å². The average Bonchev–Trinajstić information content (AvgIpc) is 2.39. The Hall–Kier alpha value is -1.82. The van der Waals surface area contributed by atoms with Crippen LogP contribution in [0.2, 0.25) is 0 Å². The van der Waals surface area contributed by atoms with E-state index >= 15 is 0 Å². The van der Waals surface area contributed by atoms with Crippen molar-refractivity contribution in [3.8, 4) is 11.5 Å². The third kappa shape index (κ3) is 4.21. The Kier molecular flexibility index (Phi) is 5.93. The van der Waals surface area contributed by atoms with Gasteiger partial charge in [0.1, 0.15) is 11.5 Å². The minimum absolute atomic E-state index is 0.482. The first-order valence-corrected chi connectivity index (χ1v) is 5.91. The fourth-order valence-corrected chi connectivity index (χ4v) is 1.50. The highest BCUT2D eigenvalue weighted by molar-refractivity contribution is 7.80. The number of nitrogens with one attached hydrogen (secondary N) is 2. The van der Waals surface area contributed by atoms with Crippen LogP contribution in [-0.2, 0) is 0 Å². The maximum absolute atomic E-state index is 5.23. The Morgan fingerprint density at radius 2 is 2.17 bits per heavy atom. The summed E-state index contributed by atoms with van der Waals surface area (Å²) in [5.74, 6) is 1.46. The Morgan fingerprint density at radius 1 is 1.39 bits per heavy atom. The van der Waals surface area contributed by atoms with E-state index in [1.54, 1.807) is 20.4 Å². The monoisotopic (exact) mass is 267 g/mol. The van der Waals surface area contributed by atoms with E-state index in [0.717, 1.165) is 23.6 Å². The first kappa shape index (κ1) is 14.2. The summed E-state index contributed by atoms with van der Waals surface area (Å²) in [7, 11) is 3.22. The smallest absolute Gasteiger partial charge is 0.186 e. The first-order chi connectivity index (χ1) is 8.71. The number of hydrogen-bond acceptors (Lipinski definition) is 4. The number of ether oxygens (including phenoxy) is 2. The molecule has 1 aromatic rings. The van der Waals surface area contributed by atoms with Crippen LogP contribution >= 0.6 is 12.2 Å². The lowest BCUT2D eigenvalue weighted by Gasteiger charge is -2.07. The largest absolute Gasteiger partial charge is 0.497 e. The van der Waals surface area contributed by atoms with Crippen molar-refractivity contribution in [3.63, 3.8) is 0 Å². The molecule has 0 aliphatic rings. The van der Waals surface area contributed by atoms with Gasteiger partial charge in [-0.15, -0.1) is 0 Å². The summed E-state index contributed by atoms with van der Waals surface area (Å²) in [4.78, 5) is 0. The van der Waals surface area contributed by atoms with Crippen LogP contribution in [0.25, 0.3) is 0 Å².